The van der Waals surface area contributed by atoms with E-state index in [1.165, 1.54) is 0 Å². The molecule has 3 rings (SSSR count). The van der Waals surface area contributed by atoms with E-state index in [9.17, 15) is 14.7 Å². The van der Waals surface area contributed by atoms with E-state index in [2.05, 4.69) is 0 Å². The Bertz CT molecular complexity index is 523. The van der Waals surface area contributed by atoms with Gasteiger partial charge in [0.05, 0.1) is 6.10 Å². The van der Waals surface area contributed by atoms with Gasteiger partial charge in [-0.2, -0.15) is 0 Å². The molecule has 0 atom stereocenters. The molecule has 1 saturated heterocycles. The number of amides is 2. The van der Waals surface area contributed by atoms with Crippen LogP contribution in [-0.2, 0) is 16.0 Å². The molecule has 0 saturated carbocycles. The van der Waals surface area contributed by atoms with Gasteiger partial charge < -0.3 is 14.9 Å². The summed E-state index contributed by atoms with van der Waals surface area (Å²) in [5, 5.41) is 9.21. The normalized spacial score (nSPS) is 19.1. The van der Waals surface area contributed by atoms with Crippen LogP contribution in [0.5, 0.6) is 0 Å². The molecule has 2 aliphatic heterocycles. The SMILES string of the molecule is O=C(CN1C(=O)CCc2ccccc21)N1CC(O)C1. The molecule has 1 fully saturated rings. The van der Waals surface area contributed by atoms with Crippen molar-refractivity contribution in [2.24, 2.45) is 0 Å². The summed E-state index contributed by atoms with van der Waals surface area (Å²) in [5.74, 6) is -0.108. The summed E-state index contributed by atoms with van der Waals surface area (Å²) in [6.07, 6.45) is 0.781. The molecular formula is C14H16N2O3. The van der Waals surface area contributed by atoms with Crippen LogP contribution in [0.25, 0.3) is 0 Å². The van der Waals surface area contributed by atoms with E-state index in [0.717, 1.165) is 17.7 Å². The fraction of sp³-hybridized carbons (Fsp3) is 0.429. The smallest absolute Gasteiger partial charge is 0.242 e. The van der Waals surface area contributed by atoms with Crippen LogP contribution in [0.4, 0.5) is 5.69 Å². The number of hydrogen-bond acceptors (Lipinski definition) is 3. The molecule has 1 N–H and O–H groups in total. The number of rotatable bonds is 2. The fourth-order valence-corrected chi connectivity index (χ4v) is 2.56. The van der Waals surface area contributed by atoms with Gasteiger partial charge in [0.1, 0.15) is 6.54 Å². The molecule has 1 aromatic rings. The van der Waals surface area contributed by atoms with Crippen LogP contribution in [0.3, 0.4) is 0 Å². The number of aliphatic hydroxyl groups is 1. The third-order valence-corrected chi connectivity index (χ3v) is 3.70. The zero-order valence-electron chi connectivity index (χ0n) is 10.6. The highest BCUT2D eigenvalue weighted by Crippen LogP contribution is 2.27. The second-order valence-electron chi connectivity index (χ2n) is 5.06. The summed E-state index contributed by atoms with van der Waals surface area (Å²) in [6, 6.07) is 7.69. The Morgan fingerprint density at radius 3 is 2.74 bits per heavy atom. The minimum absolute atomic E-state index is 0.00637. The number of carbonyl (C=O) groups excluding carboxylic acids is 2. The number of benzene rings is 1. The van der Waals surface area contributed by atoms with Crippen LogP contribution in [0.15, 0.2) is 24.3 Å². The van der Waals surface area contributed by atoms with E-state index in [-0.39, 0.29) is 18.4 Å². The number of carbonyl (C=O) groups is 2. The topological polar surface area (TPSA) is 60.9 Å². The molecule has 0 radical (unpaired) electrons. The first-order valence-electron chi connectivity index (χ1n) is 6.49. The number of anilines is 1. The Morgan fingerprint density at radius 2 is 2.00 bits per heavy atom. The van der Waals surface area contributed by atoms with Crippen LogP contribution in [0.2, 0.25) is 0 Å². The van der Waals surface area contributed by atoms with Crippen LogP contribution in [0, 0.1) is 0 Å². The van der Waals surface area contributed by atoms with Crippen molar-refractivity contribution in [1.29, 1.82) is 0 Å². The largest absolute Gasteiger partial charge is 0.389 e. The van der Waals surface area contributed by atoms with Crippen molar-refractivity contribution >= 4 is 17.5 Å². The summed E-state index contributed by atoms with van der Waals surface area (Å²) in [4.78, 5) is 27.1. The number of para-hydroxylation sites is 1. The standard InChI is InChI=1S/C14H16N2O3/c17-11-7-15(8-11)14(19)9-16-12-4-2-1-3-10(12)5-6-13(16)18/h1-4,11,17H,5-9H2. The maximum atomic E-state index is 12.0. The number of hydrogen-bond donors (Lipinski definition) is 1. The van der Waals surface area contributed by atoms with Gasteiger partial charge in [-0.1, -0.05) is 18.2 Å². The number of aryl methyl sites for hydroxylation is 1. The van der Waals surface area contributed by atoms with E-state index in [4.69, 9.17) is 0 Å². The zero-order chi connectivity index (χ0) is 13.4. The molecule has 2 aliphatic rings. The maximum absolute atomic E-state index is 12.0. The summed E-state index contributed by atoms with van der Waals surface area (Å²) >= 11 is 0. The molecular weight excluding hydrogens is 244 g/mol. The van der Waals surface area contributed by atoms with Crippen LogP contribution >= 0.6 is 0 Å². The zero-order valence-corrected chi connectivity index (χ0v) is 10.6. The molecule has 100 valence electrons. The first-order valence-corrected chi connectivity index (χ1v) is 6.49. The molecule has 0 spiro atoms. The average molecular weight is 260 g/mol. The van der Waals surface area contributed by atoms with Crippen LogP contribution in [-0.4, -0.2) is 47.6 Å². The van der Waals surface area contributed by atoms with Crippen molar-refractivity contribution in [3.05, 3.63) is 29.8 Å². The molecule has 0 bridgehead atoms. The van der Waals surface area contributed by atoms with Crippen molar-refractivity contribution in [2.45, 2.75) is 18.9 Å². The second-order valence-corrected chi connectivity index (χ2v) is 5.06. The fourth-order valence-electron chi connectivity index (χ4n) is 2.56. The third kappa shape index (κ3) is 2.21. The first-order chi connectivity index (χ1) is 9.15. The Kier molecular flexibility index (Phi) is 2.98. The van der Waals surface area contributed by atoms with Gasteiger partial charge in [0.15, 0.2) is 0 Å². The van der Waals surface area contributed by atoms with Gasteiger partial charge in [0.25, 0.3) is 0 Å². The monoisotopic (exact) mass is 260 g/mol. The van der Waals surface area contributed by atoms with Gasteiger partial charge in [0, 0.05) is 25.2 Å². The van der Waals surface area contributed by atoms with E-state index in [0.29, 0.717) is 19.5 Å². The minimum atomic E-state index is -0.409. The van der Waals surface area contributed by atoms with Gasteiger partial charge in [-0.15, -0.1) is 0 Å². The highest BCUT2D eigenvalue weighted by atomic mass is 16.3. The lowest BCUT2D eigenvalue weighted by atomic mass is 10.0. The molecule has 2 heterocycles. The number of aliphatic hydroxyl groups excluding tert-OH is 1. The van der Waals surface area contributed by atoms with Gasteiger partial charge in [-0.3, -0.25) is 9.59 Å². The lowest BCUT2D eigenvalue weighted by molar-refractivity contribution is -0.140. The van der Waals surface area contributed by atoms with Crippen molar-refractivity contribution in [3.8, 4) is 0 Å². The van der Waals surface area contributed by atoms with Gasteiger partial charge in [-0.05, 0) is 18.1 Å². The number of likely N-dealkylation sites (tertiary alicyclic amines) is 1. The van der Waals surface area contributed by atoms with Crippen molar-refractivity contribution in [3.63, 3.8) is 0 Å². The highest BCUT2D eigenvalue weighted by Gasteiger charge is 2.32. The highest BCUT2D eigenvalue weighted by molar-refractivity contribution is 6.01. The Morgan fingerprint density at radius 1 is 1.26 bits per heavy atom. The predicted molar refractivity (Wildman–Crippen MR) is 69.7 cm³/mol. The number of nitrogens with zero attached hydrogens (tertiary/aromatic N) is 2. The molecule has 0 unspecified atom stereocenters. The van der Waals surface area contributed by atoms with E-state index in [1.807, 2.05) is 24.3 Å². The second kappa shape index (κ2) is 4.66. The van der Waals surface area contributed by atoms with Gasteiger partial charge in [-0.25, -0.2) is 0 Å². The predicted octanol–water partition coefficient (Wildman–Crippen LogP) is 0.169. The Labute approximate surface area is 111 Å². The van der Waals surface area contributed by atoms with Gasteiger partial charge >= 0.3 is 0 Å². The lowest BCUT2D eigenvalue weighted by Crippen LogP contribution is -2.56. The molecule has 0 aromatic heterocycles. The molecule has 5 heteroatoms. The average Bonchev–Trinajstić information content (AvgIpc) is 2.38. The van der Waals surface area contributed by atoms with Crippen molar-refractivity contribution in [2.75, 3.05) is 24.5 Å². The third-order valence-electron chi connectivity index (χ3n) is 3.70. The number of β-amino-alcohol motifs (C(OH)–C–C–N with tert-alkyl or cyclic N) is 1. The van der Waals surface area contributed by atoms with Crippen LogP contribution in [0.1, 0.15) is 12.0 Å². The Balaban J connectivity index is 1.76. The molecule has 0 aliphatic carbocycles. The summed E-state index contributed by atoms with van der Waals surface area (Å²) in [5.41, 5.74) is 1.95. The molecule has 5 nitrogen and oxygen atoms in total. The molecule has 1 aromatic carbocycles. The van der Waals surface area contributed by atoms with Gasteiger partial charge in [0.2, 0.25) is 11.8 Å². The summed E-state index contributed by atoms with van der Waals surface area (Å²) in [7, 11) is 0. The van der Waals surface area contributed by atoms with E-state index in [1.54, 1.807) is 9.80 Å². The molecule has 2 amide bonds. The molecule has 19 heavy (non-hydrogen) atoms. The minimum Gasteiger partial charge on any atom is -0.389 e. The summed E-state index contributed by atoms with van der Waals surface area (Å²) < 4.78 is 0. The van der Waals surface area contributed by atoms with Crippen molar-refractivity contribution < 1.29 is 14.7 Å². The van der Waals surface area contributed by atoms with E-state index >= 15 is 0 Å². The van der Waals surface area contributed by atoms with E-state index < -0.39 is 6.10 Å². The van der Waals surface area contributed by atoms with Crippen molar-refractivity contribution in [1.82, 2.24) is 4.90 Å². The maximum Gasteiger partial charge on any atom is 0.242 e. The van der Waals surface area contributed by atoms with Crippen LogP contribution < -0.4 is 4.90 Å². The summed E-state index contributed by atoms with van der Waals surface area (Å²) in [6.45, 7) is 0.827. The number of fused-ring (bicyclic) bond motifs is 1. The quantitative estimate of drug-likeness (QED) is 0.824. The lowest BCUT2D eigenvalue weighted by Gasteiger charge is -2.38. The Hall–Kier alpha value is -1.88. The first kappa shape index (κ1) is 12.2.